The summed E-state index contributed by atoms with van der Waals surface area (Å²) in [5.74, 6) is 0.417. The molecule has 1 atom stereocenters. The van der Waals surface area contributed by atoms with E-state index in [1.54, 1.807) is 66.4 Å². The van der Waals surface area contributed by atoms with Crippen molar-refractivity contribution < 1.29 is 13.2 Å². The van der Waals surface area contributed by atoms with Gasteiger partial charge in [0.15, 0.2) is 9.84 Å². The SMILES string of the molecule is CSCC[C@H](N)C(=O)Nc1cccc(CS(=O)(=O)c2ccccc2)c1. The number of carbonyl (C=O) groups is 1. The molecule has 7 heteroatoms. The summed E-state index contributed by atoms with van der Waals surface area (Å²) in [6.45, 7) is 0. The molecule has 5 nitrogen and oxygen atoms in total. The van der Waals surface area contributed by atoms with Crippen LogP contribution in [0, 0.1) is 0 Å². The van der Waals surface area contributed by atoms with Gasteiger partial charge in [-0.05, 0) is 48.3 Å². The molecule has 2 aromatic rings. The number of hydrogen-bond donors (Lipinski definition) is 2. The minimum Gasteiger partial charge on any atom is -0.325 e. The lowest BCUT2D eigenvalue weighted by atomic mass is 10.2. The fourth-order valence-electron chi connectivity index (χ4n) is 2.28. The molecule has 0 unspecified atom stereocenters. The van der Waals surface area contributed by atoms with Crippen LogP contribution in [0.4, 0.5) is 5.69 Å². The van der Waals surface area contributed by atoms with Crippen molar-refractivity contribution in [3.63, 3.8) is 0 Å². The van der Waals surface area contributed by atoms with Gasteiger partial charge in [0.2, 0.25) is 5.91 Å². The van der Waals surface area contributed by atoms with E-state index in [-0.39, 0.29) is 16.6 Å². The van der Waals surface area contributed by atoms with Gasteiger partial charge in [-0.1, -0.05) is 30.3 Å². The average Bonchev–Trinajstić information content (AvgIpc) is 2.60. The molecule has 0 saturated carbocycles. The summed E-state index contributed by atoms with van der Waals surface area (Å²) in [7, 11) is -3.43. The van der Waals surface area contributed by atoms with Gasteiger partial charge in [0, 0.05) is 5.69 Å². The number of carbonyl (C=O) groups excluding carboxylic acids is 1. The Morgan fingerprint density at radius 3 is 2.56 bits per heavy atom. The third-order valence-corrected chi connectivity index (χ3v) is 5.97. The molecule has 0 aliphatic rings. The first kappa shape index (κ1) is 19.5. The molecule has 3 N–H and O–H groups in total. The molecular formula is C18H22N2O3S2. The van der Waals surface area contributed by atoms with Gasteiger partial charge < -0.3 is 11.1 Å². The van der Waals surface area contributed by atoms with Crippen LogP contribution in [0.5, 0.6) is 0 Å². The lowest BCUT2D eigenvalue weighted by Gasteiger charge is -2.12. The summed E-state index contributed by atoms with van der Waals surface area (Å²) in [5.41, 5.74) is 7.00. The van der Waals surface area contributed by atoms with E-state index in [0.717, 1.165) is 5.75 Å². The smallest absolute Gasteiger partial charge is 0.241 e. The van der Waals surface area contributed by atoms with Gasteiger partial charge in [0.05, 0.1) is 16.7 Å². The lowest BCUT2D eigenvalue weighted by Crippen LogP contribution is -2.36. The molecular weight excluding hydrogens is 356 g/mol. The van der Waals surface area contributed by atoms with Crippen LogP contribution in [0.15, 0.2) is 59.5 Å². The van der Waals surface area contributed by atoms with Crippen molar-refractivity contribution in [1.29, 1.82) is 0 Å². The summed E-state index contributed by atoms with van der Waals surface area (Å²) >= 11 is 1.63. The molecule has 0 aromatic heterocycles. The summed E-state index contributed by atoms with van der Waals surface area (Å²) in [6, 6.07) is 14.6. The average molecular weight is 379 g/mol. The van der Waals surface area contributed by atoms with E-state index >= 15 is 0 Å². The number of nitrogens with one attached hydrogen (secondary N) is 1. The summed E-state index contributed by atoms with van der Waals surface area (Å²) < 4.78 is 24.9. The lowest BCUT2D eigenvalue weighted by molar-refractivity contribution is -0.117. The molecule has 2 aromatic carbocycles. The fourth-order valence-corrected chi connectivity index (χ4v) is 4.13. The Balaban J connectivity index is 2.07. The highest BCUT2D eigenvalue weighted by Crippen LogP contribution is 2.19. The quantitative estimate of drug-likeness (QED) is 0.737. The van der Waals surface area contributed by atoms with Crippen LogP contribution in [0.25, 0.3) is 0 Å². The molecule has 0 bridgehead atoms. The van der Waals surface area contributed by atoms with E-state index in [1.165, 1.54) is 0 Å². The second kappa shape index (κ2) is 9.03. The van der Waals surface area contributed by atoms with Crippen LogP contribution in [-0.4, -0.2) is 32.4 Å². The van der Waals surface area contributed by atoms with Crippen molar-refractivity contribution in [2.45, 2.75) is 23.1 Å². The van der Waals surface area contributed by atoms with Gasteiger partial charge in [-0.25, -0.2) is 8.42 Å². The van der Waals surface area contributed by atoms with E-state index in [9.17, 15) is 13.2 Å². The van der Waals surface area contributed by atoms with Crippen LogP contribution in [-0.2, 0) is 20.4 Å². The number of sulfone groups is 1. The number of thioether (sulfide) groups is 1. The highest BCUT2D eigenvalue weighted by atomic mass is 32.2. The Kier molecular flexibility index (Phi) is 7.04. The molecule has 25 heavy (non-hydrogen) atoms. The van der Waals surface area contributed by atoms with E-state index in [1.807, 2.05) is 6.26 Å². The van der Waals surface area contributed by atoms with Crippen molar-refractivity contribution >= 4 is 33.2 Å². The maximum atomic E-state index is 12.5. The molecule has 2 rings (SSSR count). The number of amides is 1. The van der Waals surface area contributed by atoms with Gasteiger partial charge in [-0.15, -0.1) is 0 Å². The van der Waals surface area contributed by atoms with Crippen LogP contribution in [0.1, 0.15) is 12.0 Å². The van der Waals surface area contributed by atoms with Gasteiger partial charge in [0.25, 0.3) is 0 Å². The zero-order chi connectivity index (χ0) is 18.3. The number of hydrogen-bond acceptors (Lipinski definition) is 5. The Labute approximate surface area is 152 Å². The Morgan fingerprint density at radius 1 is 1.16 bits per heavy atom. The maximum Gasteiger partial charge on any atom is 0.241 e. The predicted octanol–water partition coefficient (Wildman–Crippen LogP) is 2.68. The molecule has 134 valence electrons. The van der Waals surface area contributed by atoms with E-state index < -0.39 is 15.9 Å². The maximum absolute atomic E-state index is 12.5. The van der Waals surface area contributed by atoms with Crippen LogP contribution in [0.3, 0.4) is 0 Å². The first-order valence-electron chi connectivity index (χ1n) is 7.84. The molecule has 0 aliphatic heterocycles. The topological polar surface area (TPSA) is 89.3 Å². The number of benzene rings is 2. The van der Waals surface area contributed by atoms with E-state index in [4.69, 9.17) is 5.73 Å². The van der Waals surface area contributed by atoms with Crippen LogP contribution < -0.4 is 11.1 Å². The third kappa shape index (κ3) is 5.88. The molecule has 0 fully saturated rings. The zero-order valence-electron chi connectivity index (χ0n) is 14.0. The molecule has 0 radical (unpaired) electrons. The Morgan fingerprint density at radius 2 is 1.88 bits per heavy atom. The second-order valence-corrected chi connectivity index (χ2v) is 8.62. The first-order valence-corrected chi connectivity index (χ1v) is 10.9. The number of rotatable bonds is 8. The number of nitrogens with two attached hydrogens (primary N) is 1. The monoisotopic (exact) mass is 378 g/mol. The van der Waals surface area contributed by atoms with Gasteiger partial charge >= 0.3 is 0 Å². The van der Waals surface area contributed by atoms with Crippen molar-refractivity contribution in [3.05, 3.63) is 60.2 Å². The molecule has 0 aliphatic carbocycles. The van der Waals surface area contributed by atoms with Gasteiger partial charge in [0.1, 0.15) is 0 Å². The summed E-state index contributed by atoms with van der Waals surface area (Å²) in [6.07, 6.45) is 2.55. The Bertz CT molecular complexity index is 808. The molecule has 0 saturated heterocycles. The zero-order valence-corrected chi connectivity index (χ0v) is 15.6. The van der Waals surface area contributed by atoms with Crippen molar-refractivity contribution in [2.75, 3.05) is 17.3 Å². The minimum absolute atomic E-state index is 0.126. The molecule has 1 amide bonds. The highest BCUT2D eigenvalue weighted by molar-refractivity contribution is 7.98. The third-order valence-electron chi connectivity index (χ3n) is 3.62. The molecule has 0 heterocycles. The summed E-state index contributed by atoms with van der Waals surface area (Å²) in [5, 5.41) is 2.75. The van der Waals surface area contributed by atoms with E-state index in [0.29, 0.717) is 17.7 Å². The van der Waals surface area contributed by atoms with Gasteiger partial charge in [-0.2, -0.15) is 11.8 Å². The highest BCUT2D eigenvalue weighted by Gasteiger charge is 2.16. The van der Waals surface area contributed by atoms with Crippen molar-refractivity contribution in [1.82, 2.24) is 0 Å². The fraction of sp³-hybridized carbons (Fsp3) is 0.278. The van der Waals surface area contributed by atoms with Crippen molar-refractivity contribution in [2.24, 2.45) is 5.73 Å². The van der Waals surface area contributed by atoms with E-state index in [2.05, 4.69) is 5.32 Å². The minimum atomic E-state index is -3.43. The normalized spacial score (nSPS) is 12.6. The molecule has 0 spiro atoms. The van der Waals surface area contributed by atoms with Crippen molar-refractivity contribution in [3.8, 4) is 0 Å². The first-order chi connectivity index (χ1) is 11.9. The predicted molar refractivity (Wildman–Crippen MR) is 103 cm³/mol. The summed E-state index contributed by atoms with van der Waals surface area (Å²) in [4.78, 5) is 12.4. The second-order valence-electron chi connectivity index (χ2n) is 5.65. The number of anilines is 1. The van der Waals surface area contributed by atoms with Crippen LogP contribution in [0.2, 0.25) is 0 Å². The standard InChI is InChI=1S/C18H22N2O3S2/c1-24-11-10-17(19)18(21)20-15-7-5-6-14(12-15)13-25(22,23)16-8-3-2-4-9-16/h2-9,12,17H,10-11,13,19H2,1H3,(H,20,21)/t17-/m0/s1. The largest absolute Gasteiger partial charge is 0.325 e. The van der Waals surface area contributed by atoms with Crippen LogP contribution >= 0.6 is 11.8 Å². The Hall–Kier alpha value is -1.83. The van der Waals surface area contributed by atoms with Gasteiger partial charge in [-0.3, -0.25) is 4.79 Å².